The third kappa shape index (κ3) is 3.79. The molecular formula is C28H28FN5O. The van der Waals surface area contributed by atoms with Crippen molar-refractivity contribution in [3.05, 3.63) is 93.5 Å². The van der Waals surface area contributed by atoms with Crippen LogP contribution in [0.4, 0.5) is 10.1 Å². The number of hydrogen-bond acceptors (Lipinski definition) is 5. The zero-order valence-corrected chi connectivity index (χ0v) is 19.8. The van der Waals surface area contributed by atoms with Crippen LogP contribution >= 0.6 is 0 Å². The molecule has 7 heteroatoms. The summed E-state index contributed by atoms with van der Waals surface area (Å²) >= 11 is 0. The van der Waals surface area contributed by atoms with Gasteiger partial charge in [-0.25, -0.2) is 9.37 Å². The minimum Gasteiger partial charge on any atom is -0.369 e. The summed E-state index contributed by atoms with van der Waals surface area (Å²) in [6.45, 7) is 3.36. The number of aromatic nitrogens is 4. The van der Waals surface area contributed by atoms with Gasteiger partial charge in [-0.3, -0.25) is 19.3 Å². The van der Waals surface area contributed by atoms with Crippen molar-refractivity contribution in [2.45, 2.75) is 51.0 Å². The Morgan fingerprint density at radius 3 is 2.63 bits per heavy atom. The zero-order valence-electron chi connectivity index (χ0n) is 19.8. The van der Waals surface area contributed by atoms with Crippen LogP contribution in [0.3, 0.4) is 0 Å². The maximum Gasteiger partial charge on any atom is 0.256 e. The highest BCUT2D eigenvalue weighted by Crippen LogP contribution is 2.35. The number of nitrogens with zero attached hydrogens (tertiary/aromatic N) is 5. The zero-order chi connectivity index (χ0) is 23.9. The molecule has 1 aromatic carbocycles. The SMILES string of the molecule is Cc1cccc(F)c1N1CCC(c2cc3nccnc3n([C@@H]3CCCc4cccnc43)c2=O)CC1. The minimum atomic E-state index is -0.185. The van der Waals surface area contributed by atoms with Gasteiger partial charge >= 0.3 is 0 Å². The van der Waals surface area contributed by atoms with E-state index in [-0.39, 0.29) is 23.3 Å². The van der Waals surface area contributed by atoms with Gasteiger partial charge in [0, 0.05) is 37.2 Å². The van der Waals surface area contributed by atoms with E-state index in [0.29, 0.717) is 24.4 Å². The molecule has 35 heavy (non-hydrogen) atoms. The van der Waals surface area contributed by atoms with Gasteiger partial charge in [-0.15, -0.1) is 0 Å². The average molecular weight is 470 g/mol. The van der Waals surface area contributed by atoms with Gasteiger partial charge in [-0.05, 0) is 74.3 Å². The number of rotatable bonds is 3. The maximum atomic E-state index is 14.6. The summed E-state index contributed by atoms with van der Waals surface area (Å²) in [5.74, 6) is -0.0921. The van der Waals surface area contributed by atoms with E-state index < -0.39 is 0 Å². The van der Waals surface area contributed by atoms with E-state index in [1.165, 1.54) is 11.6 Å². The van der Waals surface area contributed by atoms with Gasteiger partial charge in [0.2, 0.25) is 0 Å². The average Bonchev–Trinajstić information content (AvgIpc) is 2.89. The van der Waals surface area contributed by atoms with Crippen LogP contribution in [-0.4, -0.2) is 32.6 Å². The Morgan fingerprint density at radius 1 is 0.971 bits per heavy atom. The van der Waals surface area contributed by atoms with E-state index in [1.54, 1.807) is 24.7 Å². The maximum absolute atomic E-state index is 14.6. The highest BCUT2D eigenvalue weighted by molar-refractivity contribution is 5.71. The summed E-state index contributed by atoms with van der Waals surface area (Å²) in [4.78, 5) is 30.0. The van der Waals surface area contributed by atoms with E-state index in [1.807, 2.05) is 29.7 Å². The third-order valence-electron chi connectivity index (χ3n) is 7.61. The summed E-state index contributed by atoms with van der Waals surface area (Å²) in [7, 11) is 0. The molecule has 0 N–H and O–H groups in total. The second-order valence-electron chi connectivity index (χ2n) is 9.66. The van der Waals surface area contributed by atoms with Crippen LogP contribution in [0.1, 0.15) is 60.0 Å². The van der Waals surface area contributed by atoms with Gasteiger partial charge < -0.3 is 4.90 Å². The smallest absolute Gasteiger partial charge is 0.256 e. The van der Waals surface area contributed by atoms with Crippen molar-refractivity contribution in [3.8, 4) is 0 Å². The van der Waals surface area contributed by atoms with Crippen molar-refractivity contribution < 1.29 is 4.39 Å². The van der Waals surface area contributed by atoms with Crippen LogP contribution in [0.5, 0.6) is 0 Å². The molecule has 4 aromatic rings. The molecule has 2 aliphatic rings. The molecule has 1 atom stereocenters. The summed E-state index contributed by atoms with van der Waals surface area (Å²) in [6.07, 6.45) is 9.54. The van der Waals surface area contributed by atoms with Gasteiger partial charge in [-0.2, -0.15) is 0 Å². The summed E-state index contributed by atoms with van der Waals surface area (Å²) in [5.41, 5.74) is 5.92. The summed E-state index contributed by atoms with van der Waals surface area (Å²) in [6, 6.07) is 11.1. The van der Waals surface area contributed by atoms with Crippen molar-refractivity contribution >= 4 is 16.9 Å². The molecule has 6 rings (SSSR count). The van der Waals surface area contributed by atoms with Gasteiger partial charge in [0.15, 0.2) is 5.65 Å². The topological polar surface area (TPSA) is 63.9 Å². The number of halogens is 1. The lowest BCUT2D eigenvalue weighted by molar-refractivity contribution is 0.459. The molecule has 0 bridgehead atoms. The molecule has 0 radical (unpaired) electrons. The fourth-order valence-electron chi connectivity index (χ4n) is 5.93. The number of para-hydroxylation sites is 1. The molecule has 3 aromatic heterocycles. The number of aryl methyl sites for hydroxylation is 2. The number of hydrogen-bond donors (Lipinski definition) is 0. The van der Waals surface area contributed by atoms with Crippen molar-refractivity contribution in [3.63, 3.8) is 0 Å². The molecule has 1 saturated heterocycles. The monoisotopic (exact) mass is 469 g/mol. The van der Waals surface area contributed by atoms with Gasteiger partial charge in [-0.1, -0.05) is 18.2 Å². The molecule has 0 spiro atoms. The molecule has 0 saturated carbocycles. The lowest BCUT2D eigenvalue weighted by atomic mass is 9.88. The predicted molar refractivity (Wildman–Crippen MR) is 134 cm³/mol. The van der Waals surface area contributed by atoms with Gasteiger partial charge in [0.05, 0.1) is 17.4 Å². The second-order valence-corrected chi connectivity index (χ2v) is 9.66. The van der Waals surface area contributed by atoms with E-state index in [0.717, 1.165) is 54.4 Å². The Bertz CT molecular complexity index is 1440. The van der Waals surface area contributed by atoms with E-state index in [4.69, 9.17) is 0 Å². The second kappa shape index (κ2) is 8.87. The molecule has 4 heterocycles. The Labute approximate surface area is 203 Å². The van der Waals surface area contributed by atoms with E-state index in [9.17, 15) is 9.18 Å². The predicted octanol–water partition coefficient (Wildman–Crippen LogP) is 4.94. The van der Waals surface area contributed by atoms with Crippen LogP contribution < -0.4 is 10.5 Å². The molecule has 178 valence electrons. The largest absolute Gasteiger partial charge is 0.369 e. The van der Waals surface area contributed by atoms with Gasteiger partial charge in [0.25, 0.3) is 5.56 Å². The Morgan fingerprint density at radius 2 is 1.80 bits per heavy atom. The first-order valence-corrected chi connectivity index (χ1v) is 12.4. The van der Waals surface area contributed by atoms with Crippen LogP contribution in [0.25, 0.3) is 11.2 Å². The molecule has 1 aliphatic heterocycles. The van der Waals surface area contributed by atoms with Crippen LogP contribution in [0.2, 0.25) is 0 Å². The highest BCUT2D eigenvalue weighted by atomic mass is 19.1. The van der Waals surface area contributed by atoms with Crippen LogP contribution in [0.15, 0.2) is 59.8 Å². The molecule has 1 aliphatic carbocycles. The summed E-state index contributed by atoms with van der Waals surface area (Å²) < 4.78 is 16.4. The number of piperidine rings is 1. The first-order chi connectivity index (χ1) is 17.1. The number of benzene rings is 1. The Kier molecular flexibility index (Phi) is 5.55. The Balaban J connectivity index is 1.39. The highest BCUT2D eigenvalue weighted by Gasteiger charge is 2.30. The van der Waals surface area contributed by atoms with Crippen molar-refractivity contribution in [1.82, 2.24) is 19.5 Å². The van der Waals surface area contributed by atoms with Crippen LogP contribution in [0, 0.1) is 12.7 Å². The number of anilines is 1. The molecular weight excluding hydrogens is 441 g/mol. The standard InChI is InChI=1S/C28H28FN5O/c1-18-5-2-8-22(29)26(18)33-15-10-19(11-16-33)21-17-23-27(32-14-13-30-23)34(28(21)35)24-9-3-6-20-7-4-12-31-25(20)24/h2,4-5,7-8,12-14,17,19,24H,3,6,9-11,15-16H2,1H3/t24-/m1/s1. The van der Waals surface area contributed by atoms with Crippen molar-refractivity contribution in [1.29, 1.82) is 0 Å². The quantitative estimate of drug-likeness (QED) is 0.425. The first kappa shape index (κ1) is 21.9. The fourth-order valence-corrected chi connectivity index (χ4v) is 5.93. The van der Waals surface area contributed by atoms with E-state index in [2.05, 4.69) is 25.9 Å². The fraction of sp³-hybridized carbons (Fsp3) is 0.357. The van der Waals surface area contributed by atoms with Gasteiger partial charge in [0.1, 0.15) is 11.3 Å². The first-order valence-electron chi connectivity index (χ1n) is 12.4. The lowest BCUT2D eigenvalue weighted by Crippen LogP contribution is -2.37. The van der Waals surface area contributed by atoms with Crippen LogP contribution in [-0.2, 0) is 6.42 Å². The third-order valence-corrected chi connectivity index (χ3v) is 7.61. The lowest BCUT2D eigenvalue weighted by Gasteiger charge is -2.35. The molecule has 1 fully saturated rings. The number of fused-ring (bicyclic) bond motifs is 2. The Hall–Kier alpha value is -3.61. The molecule has 6 nitrogen and oxygen atoms in total. The molecule has 0 amide bonds. The van der Waals surface area contributed by atoms with E-state index >= 15 is 0 Å². The van der Waals surface area contributed by atoms with Crippen molar-refractivity contribution in [2.24, 2.45) is 0 Å². The minimum absolute atomic E-state index is 0.00188. The summed E-state index contributed by atoms with van der Waals surface area (Å²) in [5, 5.41) is 0. The van der Waals surface area contributed by atoms with Crippen molar-refractivity contribution in [2.75, 3.05) is 18.0 Å². The normalized spacial score (nSPS) is 18.6. The molecule has 0 unspecified atom stereocenters. The number of pyridine rings is 2.